The summed E-state index contributed by atoms with van der Waals surface area (Å²) >= 11 is 0. The molecule has 19 heavy (non-hydrogen) atoms. The maximum atomic E-state index is 5.84. The minimum atomic E-state index is 0.524. The second-order valence-corrected chi connectivity index (χ2v) is 6.12. The van der Waals surface area contributed by atoms with Crippen LogP contribution in [0.4, 0.5) is 0 Å². The molecule has 2 heteroatoms. The third kappa shape index (κ3) is 8.65. The quantitative estimate of drug-likeness (QED) is 0.550. The Kier molecular flexibility index (Phi) is 10.5. The Morgan fingerprint density at radius 2 is 1.79 bits per heavy atom. The van der Waals surface area contributed by atoms with Crippen molar-refractivity contribution in [2.45, 2.75) is 96.1 Å². The fourth-order valence-corrected chi connectivity index (χ4v) is 3.04. The summed E-state index contributed by atoms with van der Waals surface area (Å²) < 4.78 is 5.84. The molecule has 0 aromatic heterocycles. The average Bonchev–Trinajstić information content (AvgIpc) is 2.46. The molecule has 114 valence electrons. The van der Waals surface area contributed by atoms with Crippen molar-refractivity contribution >= 4 is 0 Å². The highest BCUT2D eigenvalue weighted by molar-refractivity contribution is 4.73. The molecule has 0 aliphatic carbocycles. The van der Waals surface area contributed by atoms with E-state index in [1.165, 1.54) is 77.0 Å². The van der Waals surface area contributed by atoms with Gasteiger partial charge in [-0.2, -0.15) is 0 Å². The molecule has 0 aromatic rings. The number of hydrogen-bond acceptors (Lipinski definition) is 2. The third-order valence-electron chi connectivity index (χ3n) is 4.39. The second-order valence-electron chi connectivity index (χ2n) is 6.12. The van der Waals surface area contributed by atoms with Gasteiger partial charge in [0.15, 0.2) is 0 Å². The predicted molar refractivity (Wildman–Crippen MR) is 83.7 cm³/mol. The molecule has 0 bridgehead atoms. The van der Waals surface area contributed by atoms with E-state index >= 15 is 0 Å². The smallest absolute Gasteiger partial charge is 0.0590 e. The van der Waals surface area contributed by atoms with Gasteiger partial charge in [0.1, 0.15) is 0 Å². The molecule has 1 saturated heterocycles. The molecule has 0 amide bonds. The molecule has 1 rings (SSSR count). The first-order chi connectivity index (χ1) is 9.36. The third-order valence-corrected chi connectivity index (χ3v) is 4.39. The lowest BCUT2D eigenvalue weighted by molar-refractivity contribution is 0.00502. The molecule has 2 unspecified atom stereocenters. The minimum absolute atomic E-state index is 0.524. The monoisotopic (exact) mass is 269 g/mol. The summed E-state index contributed by atoms with van der Waals surface area (Å²) in [6, 6.07) is 0.666. The molecule has 0 spiro atoms. The van der Waals surface area contributed by atoms with Gasteiger partial charge < -0.3 is 10.1 Å². The van der Waals surface area contributed by atoms with Crippen LogP contribution < -0.4 is 5.32 Å². The summed E-state index contributed by atoms with van der Waals surface area (Å²) in [5.74, 6) is 0. The van der Waals surface area contributed by atoms with Crippen LogP contribution >= 0.6 is 0 Å². The number of nitrogens with one attached hydrogen (secondary N) is 1. The van der Waals surface area contributed by atoms with E-state index in [1.54, 1.807) is 0 Å². The highest BCUT2D eigenvalue weighted by Crippen LogP contribution is 2.19. The van der Waals surface area contributed by atoms with Crippen molar-refractivity contribution in [3.05, 3.63) is 0 Å². The van der Waals surface area contributed by atoms with Crippen molar-refractivity contribution in [1.29, 1.82) is 0 Å². The van der Waals surface area contributed by atoms with E-state index in [0.29, 0.717) is 12.1 Å². The molecule has 2 nitrogen and oxygen atoms in total. The topological polar surface area (TPSA) is 21.3 Å². The summed E-state index contributed by atoms with van der Waals surface area (Å²) in [6.45, 7) is 3.27. The highest BCUT2D eigenvalue weighted by atomic mass is 16.5. The molecule has 0 saturated carbocycles. The standard InChI is InChI=1S/C17H35NO/c1-3-4-5-6-7-8-9-12-16(18-2)15-17-13-10-11-14-19-17/h16-18H,3-15H2,1-2H3. The van der Waals surface area contributed by atoms with Crippen LogP contribution in [0.1, 0.15) is 84.0 Å². The lowest BCUT2D eigenvalue weighted by atomic mass is 9.97. The van der Waals surface area contributed by atoms with E-state index in [-0.39, 0.29) is 0 Å². The number of unbranched alkanes of at least 4 members (excludes halogenated alkanes) is 6. The van der Waals surface area contributed by atoms with Gasteiger partial charge in [0.05, 0.1) is 6.10 Å². The number of hydrogen-bond donors (Lipinski definition) is 1. The molecular weight excluding hydrogens is 234 g/mol. The van der Waals surface area contributed by atoms with E-state index in [2.05, 4.69) is 19.3 Å². The first-order valence-electron chi connectivity index (χ1n) is 8.65. The highest BCUT2D eigenvalue weighted by Gasteiger charge is 2.18. The molecule has 1 aliphatic heterocycles. The van der Waals surface area contributed by atoms with Gasteiger partial charge in [-0.25, -0.2) is 0 Å². The molecule has 1 heterocycles. The lowest BCUT2D eigenvalue weighted by Crippen LogP contribution is -2.32. The van der Waals surface area contributed by atoms with Gasteiger partial charge in [-0.15, -0.1) is 0 Å². The molecule has 2 atom stereocenters. The zero-order chi connectivity index (χ0) is 13.8. The first kappa shape index (κ1) is 17.0. The van der Waals surface area contributed by atoms with Gasteiger partial charge in [0, 0.05) is 12.6 Å². The Labute approximate surface area is 120 Å². The van der Waals surface area contributed by atoms with Crippen molar-refractivity contribution < 1.29 is 4.74 Å². The van der Waals surface area contributed by atoms with Gasteiger partial charge in [-0.3, -0.25) is 0 Å². The van der Waals surface area contributed by atoms with Crippen LogP contribution in [0, 0.1) is 0 Å². The van der Waals surface area contributed by atoms with Crippen LogP contribution in [-0.4, -0.2) is 25.8 Å². The van der Waals surface area contributed by atoms with E-state index in [1.807, 2.05) is 0 Å². The second kappa shape index (κ2) is 11.7. The van der Waals surface area contributed by atoms with E-state index in [9.17, 15) is 0 Å². The first-order valence-corrected chi connectivity index (χ1v) is 8.65. The van der Waals surface area contributed by atoms with Crippen LogP contribution in [0.3, 0.4) is 0 Å². The average molecular weight is 269 g/mol. The van der Waals surface area contributed by atoms with Crippen LogP contribution in [0.5, 0.6) is 0 Å². The molecule has 0 aromatic carbocycles. The van der Waals surface area contributed by atoms with Crippen LogP contribution in [0.2, 0.25) is 0 Å². The Bertz CT molecular complexity index is 190. The normalized spacial score (nSPS) is 21.5. The zero-order valence-corrected chi connectivity index (χ0v) is 13.3. The maximum Gasteiger partial charge on any atom is 0.0590 e. The van der Waals surface area contributed by atoms with Crippen molar-refractivity contribution in [3.63, 3.8) is 0 Å². The van der Waals surface area contributed by atoms with Gasteiger partial charge in [-0.1, -0.05) is 51.9 Å². The summed E-state index contributed by atoms with van der Waals surface area (Å²) in [5.41, 5.74) is 0. The van der Waals surface area contributed by atoms with Crippen LogP contribution in [-0.2, 0) is 4.74 Å². The maximum absolute atomic E-state index is 5.84. The van der Waals surface area contributed by atoms with Gasteiger partial charge in [0.25, 0.3) is 0 Å². The summed E-state index contributed by atoms with van der Waals surface area (Å²) in [6.07, 6.45) is 16.8. The lowest BCUT2D eigenvalue weighted by Gasteiger charge is -2.26. The van der Waals surface area contributed by atoms with E-state index in [0.717, 1.165) is 6.61 Å². The zero-order valence-electron chi connectivity index (χ0n) is 13.3. The molecule has 1 N–H and O–H groups in total. The van der Waals surface area contributed by atoms with Crippen molar-refractivity contribution in [2.24, 2.45) is 0 Å². The van der Waals surface area contributed by atoms with Gasteiger partial charge in [-0.05, 0) is 39.2 Å². The summed E-state index contributed by atoms with van der Waals surface area (Å²) in [4.78, 5) is 0. The summed E-state index contributed by atoms with van der Waals surface area (Å²) in [5, 5.41) is 3.48. The Morgan fingerprint density at radius 1 is 1.05 bits per heavy atom. The van der Waals surface area contributed by atoms with Crippen molar-refractivity contribution in [1.82, 2.24) is 5.32 Å². The molecule has 1 fully saturated rings. The van der Waals surface area contributed by atoms with E-state index < -0.39 is 0 Å². The SMILES string of the molecule is CCCCCCCCCC(CC1CCCCO1)NC. The fraction of sp³-hybridized carbons (Fsp3) is 1.00. The Balaban J connectivity index is 1.98. The van der Waals surface area contributed by atoms with Crippen molar-refractivity contribution in [2.75, 3.05) is 13.7 Å². The molecular formula is C17H35NO. The molecule has 1 aliphatic rings. The van der Waals surface area contributed by atoms with Gasteiger partial charge in [0.2, 0.25) is 0 Å². The number of ether oxygens (including phenoxy) is 1. The van der Waals surface area contributed by atoms with E-state index in [4.69, 9.17) is 4.74 Å². The number of rotatable bonds is 11. The largest absolute Gasteiger partial charge is 0.378 e. The Hall–Kier alpha value is -0.0800. The van der Waals surface area contributed by atoms with Crippen LogP contribution in [0.15, 0.2) is 0 Å². The Morgan fingerprint density at radius 3 is 2.42 bits per heavy atom. The predicted octanol–water partition coefficient (Wildman–Crippen LogP) is 4.67. The summed E-state index contributed by atoms with van der Waals surface area (Å²) in [7, 11) is 2.11. The minimum Gasteiger partial charge on any atom is -0.378 e. The van der Waals surface area contributed by atoms with Crippen LogP contribution in [0.25, 0.3) is 0 Å². The van der Waals surface area contributed by atoms with Crippen molar-refractivity contribution in [3.8, 4) is 0 Å². The van der Waals surface area contributed by atoms with Gasteiger partial charge >= 0.3 is 0 Å². The molecule has 0 radical (unpaired) electrons. The fourth-order valence-electron chi connectivity index (χ4n) is 3.04.